The summed E-state index contributed by atoms with van der Waals surface area (Å²) in [6, 6.07) is 9.83. The van der Waals surface area contributed by atoms with Crippen LogP contribution >= 0.6 is 0 Å². The summed E-state index contributed by atoms with van der Waals surface area (Å²) in [6.45, 7) is 0. The molecule has 2 aromatic rings. The molecule has 2 N–H and O–H groups in total. The number of carbonyl (C=O) groups excluding carboxylic acids is 1. The summed E-state index contributed by atoms with van der Waals surface area (Å²) in [4.78, 5) is 21.7. The Labute approximate surface area is 121 Å². The molecular formula is C14H12ClNO4. The van der Waals surface area contributed by atoms with Crippen molar-refractivity contribution < 1.29 is 36.8 Å². The number of para-hydroxylation sites is 1. The van der Waals surface area contributed by atoms with Crippen molar-refractivity contribution in [3.8, 4) is 5.69 Å². The van der Waals surface area contributed by atoms with E-state index >= 15 is 0 Å². The molecule has 0 spiro atoms. The molecule has 0 radical (unpaired) electrons. The molecule has 0 fully saturated rings. The van der Waals surface area contributed by atoms with Crippen LogP contribution in [-0.4, -0.2) is 22.5 Å². The Kier molecular flexibility index (Phi) is 5.37. The molecule has 5 nitrogen and oxygen atoms in total. The summed E-state index contributed by atoms with van der Waals surface area (Å²) < 4.78 is 1.56. The van der Waals surface area contributed by atoms with E-state index < -0.39 is 12.1 Å². The van der Waals surface area contributed by atoms with Crippen molar-refractivity contribution in [1.29, 1.82) is 0 Å². The van der Waals surface area contributed by atoms with Gasteiger partial charge in [-0.15, -0.1) is 0 Å². The number of aliphatic hydroxyl groups is 1. The first-order valence-corrected chi connectivity index (χ1v) is 5.61. The number of carbonyl (C=O) groups is 2. The number of hydrogen-bond donors (Lipinski definition) is 2. The third kappa shape index (κ3) is 3.20. The lowest BCUT2D eigenvalue weighted by Crippen LogP contribution is -3.00. The fraction of sp³-hybridized carbons (Fsp3) is 0.0714. The number of rotatable bonds is 4. The van der Waals surface area contributed by atoms with E-state index in [1.165, 1.54) is 12.3 Å². The summed E-state index contributed by atoms with van der Waals surface area (Å²) in [7, 11) is 0. The lowest BCUT2D eigenvalue weighted by molar-refractivity contribution is -0.596. The van der Waals surface area contributed by atoms with Crippen LogP contribution in [0.5, 0.6) is 0 Å². The molecule has 0 saturated heterocycles. The van der Waals surface area contributed by atoms with E-state index in [0.29, 0.717) is 17.5 Å². The molecule has 0 bridgehead atoms. The van der Waals surface area contributed by atoms with Crippen molar-refractivity contribution in [3.63, 3.8) is 0 Å². The summed E-state index contributed by atoms with van der Waals surface area (Å²) in [5.74, 6) is -1.04. The first-order valence-electron chi connectivity index (χ1n) is 5.61. The normalized spacial score (nSPS) is 11.2. The molecule has 1 aromatic carbocycles. The Balaban J connectivity index is 0.00000200. The lowest BCUT2D eigenvalue weighted by atomic mass is 10.1. The molecule has 1 atom stereocenters. The Morgan fingerprint density at radius 3 is 2.55 bits per heavy atom. The molecule has 1 heterocycles. The van der Waals surface area contributed by atoms with Crippen molar-refractivity contribution in [3.05, 3.63) is 59.9 Å². The predicted octanol–water partition coefficient (Wildman–Crippen LogP) is -2.10. The van der Waals surface area contributed by atoms with E-state index in [4.69, 9.17) is 5.11 Å². The van der Waals surface area contributed by atoms with Crippen LogP contribution < -0.4 is 17.0 Å². The van der Waals surface area contributed by atoms with Crippen LogP contribution in [0.15, 0.2) is 48.8 Å². The minimum atomic E-state index is -1.24. The maximum Gasteiger partial charge on any atom is 0.341 e. The number of aldehydes is 1. The standard InChI is InChI=1S/C14H11NO4.ClH/c16-9-13(17)11-5-1-2-6-12(11)15-7-3-4-10(8-15)14(18)19;/h1-9,13,17H;1H. The second-order valence-electron chi connectivity index (χ2n) is 3.94. The maximum absolute atomic E-state index is 10.9. The molecule has 20 heavy (non-hydrogen) atoms. The van der Waals surface area contributed by atoms with Crippen LogP contribution in [0.4, 0.5) is 0 Å². The molecule has 0 aliphatic carbocycles. The Bertz CT molecular complexity index is 630. The van der Waals surface area contributed by atoms with E-state index in [1.54, 1.807) is 41.1 Å². The van der Waals surface area contributed by atoms with Crippen LogP contribution in [0.25, 0.3) is 5.69 Å². The smallest absolute Gasteiger partial charge is 0.341 e. The van der Waals surface area contributed by atoms with E-state index in [0.717, 1.165) is 0 Å². The van der Waals surface area contributed by atoms with Crippen LogP contribution in [0, 0.1) is 0 Å². The second-order valence-corrected chi connectivity index (χ2v) is 3.94. The van der Waals surface area contributed by atoms with Crippen LogP contribution in [0.1, 0.15) is 22.0 Å². The zero-order valence-corrected chi connectivity index (χ0v) is 11.1. The fourth-order valence-corrected chi connectivity index (χ4v) is 1.80. The first-order chi connectivity index (χ1) is 9.13. The molecule has 104 valence electrons. The minimum Gasteiger partial charge on any atom is -1.00 e. The van der Waals surface area contributed by atoms with Gasteiger partial charge >= 0.3 is 5.97 Å². The number of aromatic carboxylic acids is 1. The van der Waals surface area contributed by atoms with Crippen molar-refractivity contribution >= 4 is 12.3 Å². The largest absolute Gasteiger partial charge is 1.00 e. The molecule has 1 unspecified atom stereocenters. The van der Waals surface area contributed by atoms with Gasteiger partial charge in [-0.2, -0.15) is 4.57 Å². The molecule has 1 aromatic heterocycles. The van der Waals surface area contributed by atoms with Gasteiger partial charge in [0, 0.05) is 12.1 Å². The highest BCUT2D eigenvalue weighted by molar-refractivity contribution is 5.86. The van der Waals surface area contributed by atoms with Gasteiger partial charge < -0.3 is 27.4 Å². The van der Waals surface area contributed by atoms with Crippen LogP contribution in [0.2, 0.25) is 0 Å². The Morgan fingerprint density at radius 1 is 1.20 bits per heavy atom. The number of pyridine rings is 1. The van der Waals surface area contributed by atoms with Crippen molar-refractivity contribution in [1.82, 2.24) is 0 Å². The highest BCUT2D eigenvalue weighted by atomic mass is 35.5. The van der Waals surface area contributed by atoms with Gasteiger partial charge in [0.25, 0.3) is 0 Å². The molecule has 2 rings (SSSR count). The van der Waals surface area contributed by atoms with Gasteiger partial charge in [-0.1, -0.05) is 12.1 Å². The average Bonchev–Trinajstić information content (AvgIpc) is 2.46. The number of aliphatic hydroxyl groups excluding tert-OH is 1. The van der Waals surface area contributed by atoms with E-state index in [-0.39, 0.29) is 18.0 Å². The first kappa shape index (κ1) is 15.8. The molecular weight excluding hydrogens is 282 g/mol. The van der Waals surface area contributed by atoms with E-state index in [2.05, 4.69) is 0 Å². The van der Waals surface area contributed by atoms with Gasteiger partial charge in [0.15, 0.2) is 18.7 Å². The molecule has 0 aliphatic heterocycles. The van der Waals surface area contributed by atoms with Crippen molar-refractivity contribution in [2.45, 2.75) is 6.10 Å². The topological polar surface area (TPSA) is 78.5 Å². The highest BCUT2D eigenvalue weighted by Crippen LogP contribution is 2.16. The SMILES string of the molecule is O=CC(O)c1ccccc1-[n+]1cccc(C(=O)O)c1.[Cl-]. The highest BCUT2D eigenvalue weighted by Gasteiger charge is 2.19. The average molecular weight is 294 g/mol. The molecule has 6 heteroatoms. The van der Waals surface area contributed by atoms with Gasteiger partial charge in [-0.05, 0) is 12.1 Å². The number of carboxylic acid groups (broad SMARTS) is 1. The number of halogens is 1. The third-order valence-electron chi connectivity index (χ3n) is 2.71. The lowest BCUT2D eigenvalue weighted by Gasteiger charge is -2.06. The molecule has 0 saturated carbocycles. The number of hydrogen-bond acceptors (Lipinski definition) is 3. The van der Waals surface area contributed by atoms with Gasteiger partial charge in [-0.25, -0.2) is 4.79 Å². The second kappa shape index (κ2) is 6.79. The van der Waals surface area contributed by atoms with Gasteiger partial charge in [-0.3, -0.25) is 0 Å². The van der Waals surface area contributed by atoms with Crippen molar-refractivity contribution in [2.24, 2.45) is 0 Å². The monoisotopic (exact) mass is 293 g/mol. The summed E-state index contributed by atoms with van der Waals surface area (Å²) >= 11 is 0. The zero-order valence-electron chi connectivity index (χ0n) is 10.3. The molecule has 0 aliphatic rings. The van der Waals surface area contributed by atoms with Crippen LogP contribution in [0.3, 0.4) is 0 Å². The zero-order chi connectivity index (χ0) is 13.8. The van der Waals surface area contributed by atoms with Crippen molar-refractivity contribution in [2.75, 3.05) is 0 Å². The van der Waals surface area contributed by atoms with Crippen LogP contribution in [-0.2, 0) is 4.79 Å². The summed E-state index contributed by atoms with van der Waals surface area (Å²) in [5.41, 5.74) is 1.10. The van der Waals surface area contributed by atoms with Gasteiger partial charge in [0.05, 0.1) is 5.56 Å². The van der Waals surface area contributed by atoms with E-state index in [1.807, 2.05) is 0 Å². The number of nitrogens with zero attached hydrogens (tertiary/aromatic N) is 1. The maximum atomic E-state index is 10.9. The number of carboxylic acids is 1. The fourth-order valence-electron chi connectivity index (χ4n) is 1.80. The summed E-state index contributed by atoms with van der Waals surface area (Å²) in [6.07, 6.45) is 2.28. The van der Waals surface area contributed by atoms with Gasteiger partial charge in [0.2, 0.25) is 5.69 Å². The Morgan fingerprint density at radius 2 is 1.90 bits per heavy atom. The third-order valence-corrected chi connectivity index (χ3v) is 2.71. The predicted molar refractivity (Wildman–Crippen MR) is 66.0 cm³/mol. The van der Waals surface area contributed by atoms with Gasteiger partial charge in [0.1, 0.15) is 11.7 Å². The number of aromatic nitrogens is 1. The molecule has 0 amide bonds. The Hall–Kier alpha value is -2.24. The quantitative estimate of drug-likeness (QED) is 0.500. The minimum absolute atomic E-state index is 0. The summed E-state index contributed by atoms with van der Waals surface area (Å²) in [5, 5.41) is 18.6. The number of benzene rings is 1. The van der Waals surface area contributed by atoms with E-state index in [9.17, 15) is 14.7 Å².